The Morgan fingerprint density at radius 1 is 0.336 bits per heavy atom. The van der Waals surface area contributed by atoms with Gasteiger partial charge in [0, 0.05) is 121 Å². The molecule has 3 heterocycles. The minimum Gasteiger partial charge on any atom is -0.494 e. The van der Waals surface area contributed by atoms with Crippen LogP contribution in [0.1, 0.15) is 205 Å². The number of Topliss-reactive ketones (excluding diaryl/α,β-unsaturated/α-hetero) is 1. The number of ether oxygens (including phenoxy) is 3. The van der Waals surface area contributed by atoms with Gasteiger partial charge in [-0.05, 0) is 350 Å². The number of hydrogen-bond donors (Lipinski definition) is 8. The summed E-state index contributed by atoms with van der Waals surface area (Å²) in [5.41, 5.74) is 34.0. The highest BCUT2D eigenvalue weighted by Gasteiger charge is 2.35. The zero-order valence-corrected chi connectivity index (χ0v) is 88.3. The summed E-state index contributed by atoms with van der Waals surface area (Å²) >= 11 is 19.0. The van der Waals surface area contributed by atoms with Crippen molar-refractivity contribution in [1.29, 1.82) is 0 Å². The van der Waals surface area contributed by atoms with Crippen molar-refractivity contribution in [2.24, 2.45) is 0 Å². The van der Waals surface area contributed by atoms with Crippen molar-refractivity contribution in [1.82, 2.24) is 56.0 Å². The summed E-state index contributed by atoms with van der Waals surface area (Å²) in [6.45, 7) is 30.9. The molecule has 0 bridgehead atoms. The van der Waals surface area contributed by atoms with Gasteiger partial charge in [0.25, 0.3) is 31.9 Å². The molecular formula is C117H118Cl3N11O13S2. The van der Waals surface area contributed by atoms with E-state index in [2.05, 4.69) is 98.5 Å². The molecule has 3 aliphatic carbocycles. The van der Waals surface area contributed by atoms with E-state index in [0.717, 1.165) is 206 Å². The summed E-state index contributed by atoms with van der Waals surface area (Å²) < 4.78 is 74.2. The Labute approximate surface area is 867 Å². The molecule has 14 aromatic rings. The smallest absolute Gasteiger partial charge is 0.265 e. The van der Waals surface area contributed by atoms with Crippen molar-refractivity contribution in [3.05, 3.63) is 390 Å². The Morgan fingerprint density at radius 2 is 0.637 bits per heavy atom. The zero-order valence-electron chi connectivity index (χ0n) is 84.4. The fourth-order valence-corrected chi connectivity index (χ4v) is 21.8. The van der Waals surface area contributed by atoms with Gasteiger partial charge in [0.05, 0.1) is 46.7 Å². The number of nitrogens with zero attached hydrogens (tertiary/aromatic N) is 3. The zero-order chi connectivity index (χ0) is 104. The van der Waals surface area contributed by atoms with E-state index in [0.29, 0.717) is 111 Å². The van der Waals surface area contributed by atoms with Crippen LogP contribution in [-0.2, 0) is 73.3 Å². The summed E-state index contributed by atoms with van der Waals surface area (Å²) in [5, 5.41) is 34.0. The fourth-order valence-electron chi connectivity index (χ4n) is 19.3. The molecule has 3 aromatic heterocycles. The van der Waals surface area contributed by atoms with Gasteiger partial charge < -0.3 is 30.2 Å². The molecule has 0 spiro atoms. The molecule has 11 aromatic carbocycles. The van der Waals surface area contributed by atoms with Crippen LogP contribution in [0, 0.1) is 96.9 Å². The predicted octanol–water partition coefficient (Wildman–Crippen LogP) is 23.4. The van der Waals surface area contributed by atoms with E-state index in [9.17, 15) is 45.6 Å². The summed E-state index contributed by atoms with van der Waals surface area (Å²) in [6, 6.07) is 63.5. The Balaban J connectivity index is 0.000000166. The first-order valence-electron chi connectivity index (χ1n) is 48.5. The predicted molar refractivity (Wildman–Crippen MR) is 576 cm³/mol. The number of aryl methyl sites for hydroxylation is 14. The van der Waals surface area contributed by atoms with Crippen molar-refractivity contribution in [2.75, 3.05) is 19.8 Å². The van der Waals surface area contributed by atoms with Gasteiger partial charge in [-0.15, -0.1) is 0 Å². The van der Waals surface area contributed by atoms with Crippen LogP contribution in [0.2, 0.25) is 15.1 Å². The normalized spacial score (nSPS) is 12.5. The molecule has 0 saturated carbocycles. The van der Waals surface area contributed by atoms with Gasteiger partial charge in [-0.25, -0.2) is 26.3 Å². The minimum atomic E-state index is -4.07. The number of allylic oxidation sites excluding steroid dienone is 3. The lowest BCUT2D eigenvalue weighted by Gasteiger charge is -2.13. The summed E-state index contributed by atoms with van der Waals surface area (Å²) in [4.78, 5) is 79.6. The summed E-state index contributed by atoms with van der Waals surface area (Å²) in [5.74, 6) is 0.303. The molecule has 0 unspecified atom stereocenters. The largest absolute Gasteiger partial charge is 0.494 e. The van der Waals surface area contributed by atoms with Crippen LogP contribution < -0.4 is 39.6 Å². The van der Waals surface area contributed by atoms with Gasteiger partial charge in [0.15, 0.2) is 5.78 Å². The molecule has 0 atom stereocenters. The standard InChI is InChI=1S/2C41H41ClN4O5S.C35H36ClN3O3/c1-24-14-16-32(17-15-24)52(49,50)46-40(47)30-10-6-9-29(21-30)23-43-41(48)37-22-36-33(11-7-12-35(36)38-27(4)44-45-28(38)5)34(37)13-8-18-51-31-19-25(2)39(42)26(3)20-31;1-24-11-6-7-17-37(24)52(49,50)46-40(47)30-13-8-12-29(21-30)23-43-41(48)36-22-35-32(14-9-15-34(35)38-27(4)44-45-28(38)5)33(36)16-10-18-51-31-19-25(2)39(42)26(3)20-31;1-20-15-27(16-21(2)34(20)36)42-14-8-13-29-28-11-7-12-30(33-22(3)38-39-23(33)4)31(28)18-32(29)35(41)37-19-25-9-6-10-26(17-25)24(5)40/h6-7,9-12,14-17,19-21H,8,13,18,22-23H2,1-5H3,(H,43,48)(H,44,45)(H,46,47);6-9,11-15,17,19-21H,10,16,18,22-23H2,1-5H3,(H,43,48)(H,44,45)(H,46,47);6-7,9-12,15-17H,8,13-14,18-19H2,1-5H3,(H,37,41)(H,38,39). The SMILES string of the molecule is CC(=O)c1cccc(CNC(=O)C2=C(CCCOc3cc(C)c(Cl)c(C)c3)c3cccc(-c4c(C)n[nH]c4C)c3C2)c1.Cc1ccc(S(=O)(=O)NC(=O)c2cccc(CNC(=O)C3=C(CCCOc4cc(C)c(Cl)c(C)c4)c4cccc(-c5c(C)n[nH]c5C)c4C3)c2)cc1.Cc1ccccc1S(=O)(=O)NC(=O)c1cccc(CNC(=O)C2=C(CCCOc3cc(C)c(Cl)c(C)c3)c3cccc(-c4c(C)n[nH]c4C)c3C2)c1. The molecule has 752 valence electrons. The number of ketones is 1. The van der Waals surface area contributed by atoms with Crippen LogP contribution in [0.25, 0.3) is 50.1 Å². The van der Waals surface area contributed by atoms with Crippen molar-refractivity contribution in [3.63, 3.8) is 0 Å². The van der Waals surface area contributed by atoms with Crippen LogP contribution in [-0.4, -0.2) is 103 Å². The number of halogens is 3. The van der Waals surface area contributed by atoms with Gasteiger partial charge in [0.2, 0.25) is 17.7 Å². The summed E-state index contributed by atoms with van der Waals surface area (Å²) in [6.07, 6.45) is 5.51. The monoisotopic (exact) mass is 2050 g/mol. The molecular weight excluding hydrogens is 1940 g/mol. The highest BCUT2D eigenvalue weighted by molar-refractivity contribution is 7.90. The van der Waals surface area contributed by atoms with Gasteiger partial charge in [-0.3, -0.25) is 44.1 Å². The van der Waals surface area contributed by atoms with E-state index in [1.807, 2.05) is 157 Å². The molecule has 146 heavy (non-hydrogen) atoms. The molecule has 0 radical (unpaired) electrons. The second-order valence-electron chi connectivity index (χ2n) is 37.4. The van der Waals surface area contributed by atoms with Gasteiger partial charge in [-0.2, -0.15) is 15.3 Å². The third-order valence-electron chi connectivity index (χ3n) is 26.7. The van der Waals surface area contributed by atoms with Crippen LogP contribution in [0.5, 0.6) is 17.2 Å². The molecule has 17 rings (SSSR count). The molecule has 29 heteroatoms. The van der Waals surface area contributed by atoms with E-state index >= 15 is 0 Å². The number of amides is 5. The number of nitrogens with one attached hydrogen (secondary N) is 8. The van der Waals surface area contributed by atoms with E-state index in [4.69, 9.17) is 49.0 Å². The Kier molecular flexibility index (Phi) is 33.5. The van der Waals surface area contributed by atoms with Crippen molar-refractivity contribution < 1.29 is 59.8 Å². The molecule has 0 saturated heterocycles. The average molecular weight is 2060 g/mol. The number of sulfonamides is 2. The molecule has 3 aliphatic rings. The van der Waals surface area contributed by atoms with Crippen molar-refractivity contribution in [2.45, 2.75) is 191 Å². The van der Waals surface area contributed by atoms with Gasteiger partial charge >= 0.3 is 0 Å². The van der Waals surface area contributed by atoms with Crippen molar-refractivity contribution >= 4 is 107 Å². The first kappa shape index (κ1) is 106. The number of fused-ring (bicyclic) bond motifs is 3. The maximum atomic E-state index is 14.0. The Hall–Kier alpha value is -14.5. The van der Waals surface area contributed by atoms with Gasteiger partial charge in [0.1, 0.15) is 17.2 Å². The maximum Gasteiger partial charge on any atom is 0.265 e. The number of aromatic nitrogens is 6. The third kappa shape index (κ3) is 24.5. The lowest BCUT2D eigenvalue weighted by Crippen LogP contribution is -2.31. The second-order valence-corrected chi connectivity index (χ2v) is 41.9. The van der Waals surface area contributed by atoms with Crippen LogP contribution in [0.15, 0.2) is 239 Å². The quantitative estimate of drug-likeness (QED) is 0.0137. The number of aromatic amines is 3. The van der Waals surface area contributed by atoms with Gasteiger partial charge in [-0.1, -0.05) is 168 Å². The number of H-pyrrole nitrogens is 3. The van der Waals surface area contributed by atoms with E-state index in [1.165, 1.54) is 24.3 Å². The van der Waals surface area contributed by atoms with E-state index in [-0.39, 0.29) is 57.5 Å². The topological polar surface area (TPSA) is 345 Å². The number of hydrogen-bond acceptors (Lipinski definition) is 16. The molecule has 0 aliphatic heterocycles. The average Bonchev–Trinajstić information content (AvgIpc) is 1.61. The number of carbonyl (C=O) groups excluding carboxylic acids is 6. The molecule has 5 amide bonds. The second kappa shape index (κ2) is 46.2. The lowest BCUT2D eigenvalue weighted by molar-refractivity contribution is -0.118. The molecule has 24 nitrogen and oxygen atoms in total. The van der Waals surface area contributed by atoms with Crippen LogP contribution in [0.4, 0.5) is 0 Å². The third-order valence-corrected chi connectivity index (χ3v) is 31.3. The first-order chi connectivity index (χ1) is 69.8. The number of rotatable bonds is 34. The fraction of sp³-hybridized carbons (Fsp3) is 0.256. The highest BCUT2D eigenvalue weighted by atomic mass is 35.5. The Bertz CT molecular complexity index is 7690. The minimum absolute atomic E-state index is 0.000471. The lowest BCUT2D eigenvalue weighted by atomic mass is 9.93. The van der Waals surface area contributed by atoms with Crippen LogP contribution in [0.3, 0.4) is 0 Å². The van der Waals surface area contributed by atoms with E-state index in [1.54, 1.807) is 92.7 Å². The molecule has 8 N–H and O–H groups in total. The van der Waals surface area contributed by atoms with E-state index < -0.39 is 31.9 Å². The van der Waals surface area contributed by atoms with Crippen LogP contribution >= 0.6 is 34.8 Å². The number of carbonyl (C=O) groups is 6. The van der Waals surface area contributed by atoms with Crippen molar-refractivity contribution in [3.8, 4) is 50.6 Å². The molecule has 0 fully saturated rings. The summed E-state index contributed by atoms with van der Waals surface area (Å²) in [7, 11) is -8.13. The maximum absolute atomic E-state index is 14.0. The Morgan fingerprint density at radius 3 is 0.952 bits per heavy atom. The number of benzene rings is 11. The first-order valence-corrected chi connectivity index (χ1v) is 52.6. The highest BCUT2D eigenvalue weighted by Crippen LogP contribution is 2.47.